The summed E-state index contributed by atoms with van der Waals surface area (Å²) in [4.78, 5) is 2.29. The molecule has 1 N–H and O–H groups in total. The van der Waals surface area contributed by atoms with E-state index in [4.69, 9.17) is 0 Å². The van der Waals surface area contributed by atoms with Gasteiger partial charge in [0.1, 0.15) is 0 Å². The molecule has 268 valence electrons. The molecule has 3 heteroatoms. The van der Waals surface area contributed by atoms with Crippen LogP contribution in [0.1, 0.15) is 51.7 Å². The smallest absolute Gasteiger partial charge is 0.0664 e. The summed E-state index contributed by atoms with van der Waals surface area (Å²) in [6.45, 7) is 12.5. The van der Waals surface area contributed by atoms with Gasteiger partial charge in [-0.1, -0.05) is 144 Å². The lowest BCUT2D eigenvalue weighted by atomic mass is 9.94. The molecule has 0 bridgehead atoms. The maximum absolute atomic E-state index is 4.45. The second-order valence-corrected chi connectivity index (χ2v) is 13.1. The van der Waals surface area contributed by atoms with Gasteiger partial charge < -0.3 is 14.8 Å². The molecule has 0 amide bonds. The summed E-state index contributed by atoms with van der Waals surface area (Å²) in [7, 11) is 0. The number of dihydropyridines is 1. The molecule has 5 aromatic carbocycles. The molecule has 0 saturated heterocycles. The molecular formula is C51H49N3. The monoisotopic (exact) mass is 703 g/mol. The highest BCUT2D eigenvalue weighted by Gasteiger charge is 2.20. The maximum atomic E-state index is 4.45. The van der Waals surface area contributed by atoms with Crippen molar-refractivity contribution in [2.45, 2.75) is 46.6 Å². The zero-order valence-corrected chi connectivity index (χ0v) is 31.8. The lowest BCUT2D eigenvalue weighted by Gasteiger charge is -2.28. The molecule has 6 aromatic rings. The van der Waals surface area contributed by atoms with Gasteiger partial charge in [-0.3, -0.25) is 0 Å². The molecule has 3 heterocycles. The van der Waals surface area contributed by atoms with Crippen molar-refractivity contribution in [2.24, 2.45) is 0 Å². The summed E-state index contributed by atoms with van der Waals surface area (Å²) in [5, 5.41) is 6.29. The molecule has 0 fully saturated rings. The number of para-hydroxylation sites is 2. The average Bonchev–Trinajstić information content (AvgIpc) is 3.58. The Morgan fingerprint density at radius 2 is 1.39 bits per heavy atom. The van der Waals surface area contributed by atoms with E-state index in [0.717, 1.165) is 57.9 Å². The van der Waals surface area contributed by atoms with Crippen molar-refractivity contribution in [3.63, 3.8) is 0 Å². The molecule has 9 rings (SSSR count). The summed E-state index contributed by atoms with van der Waals surface area (Å²) in [6, 6.07) is 42.0. The largest absolute Gasteiger partial charge is 0.375 e. The number of hydrogen-bond donors (Lipinski definition) is 1. The van der Waals surface area contributed by atoms with Crippen LogP contribution in [0, 0.1) is 0 Å². The Kier molecular flexibility index (Phi) is 11.1. The predicted molar refractivity (Wildman–Crippen MR) is 235 cm³/mol. The highest BCUT2D eigenvalue weighted by molar-refractivity contribution is 6.10. The number of nitrogens with one attached hydrogen (secondary N) is 1. The molecule has 1 unspecified atom stereocenters. The number of allylic oxidation sites excluding steroid dienone is 9. The van der Waals surface area contributed by atoms with E-state index >= 15 is 0 Å². The minimum Gasteiger partial charge on any atom is -0.375 e. The molecule has 1 atom stereocenters. The Morgan fingerprint density at radius 3 is 2.22 bits per heavy atom. The highest BCUT2D eigenvalue weighted by Crippen LogP contribution is 2.40. The van der Waals surface area contributed by atoms with E-state index < -0.39 is 0 Å². The molecule has 2 aliphatic heterocycles. The Labute approximate surface area is 321 Å². The molecule has 0 saturated carbocycles. The molecule has 0 spiro atoms. The van der Waals surface area contributed by atoms with E-state index in [1.54, 1.807) is 0 Å². The van der Waals surface area contributed by atoms with Crippen molar-refractivity contribution >= 4 is 44.5 Å². The molecular weight excluding hydrogens is 655 g/mol. The van der Waals surface area contributed by atoms with Gasteiger partial charge in [-0.2, -0.15) is 0 Å². The number of fused-ring (bicyclic) bond motifs is 4. The number of anilines is 2. The lowest BCUT2D eigenvalue weighted by Crippen LogP contribution is -2.30. The van der Waals surface area contributed by atoms with Crippen LogP contribution < -0.4 is 10.2 Å². The Hall–Kier alpha value is -6.32. The van der Waals surface area contributed by atoms with Crippen molar-refractivity contribution in [2.75, 3.05) is 4.90 Å². The number of rotatable bonds is 5. The van der Waals surface area contributed by atoms with Gasteiger partial charge in [-0.15, -0.1) is 0 Å². The van der Waals surface area contributed by atoms with Crippen LogP contribution in [-0.4, -0.2) is 10.6 Å². The van der Waals surface area contributed by atoms with Gasteiger partial charge in [0.2, 0.25) is 0 Å². The van der Waals surface area contributed by atoms with Gasteiger partial charge in [0.25, 0.3) is 0 Å². The minimum absolute atomic E-state index is 0.209. The third-order valence-corrected chi connectivity index (χ3v) is 10.0. The van der Waals surface area contributed by atoms with Crippen molar-refractivity contribution in [1.82, 2.24) is 9.88 Å². The van der Waals surface area contributed by atoms with E-state index in [9.17, 15) is 0 Å². The summed E-state index contributed by atoms with van der Waals surface area (Å²) < 4.78 is 2.36. The van der Waals surface area contributed by atoms with Gasteiger partial charge >= 0.3 is 0 Å². The normalized spacial score (nSPS) is 17.1. The fourth-order valence-corrected chi connectivity index (χ4v) is 7.52. The van der Waals surface area contributed by atoms with Gasteiger partial charge in [-0.05, 0) is 101 Å². The van der Waals surface area contributed by atoms with E-state index in [2.05, 4.69) is 198 Å². The minimum atomic E-state index is 0.209. The number of benzene rings is 5. The van der Waals surface area contributed by atoms with Gasteiger partial charge in [0.15, 0.2) is 0 Å². The third kappa shape index (κ3) is 7.06. The van der Waals surface area contributed by atoms with Crippen LogP contribution in [0.3, 0.4) is 0 Å². The van der Waals surface area contributed by atoms with Crippen LogP contribution in [0.4, 0.5) is 11.4 Å². The molecule has 1 aliphatic carbocycles. The van der Waals surface area contributed by atoms with Crippen molar-refractivity contribution in [3.8, 4) is 16.8 Å². The summed E-state index contributed by atoms with van der Waals surface area (Å²) in [5.74, 6) is 0. The van der Waals surface area contributed by atoms with Crippen molar-refractivity contribution < 1.29 is 0 Å². The molecule has 0 radical (unpaired) electrons. The third-order valence-electron chi connectivity index (χ3n) is 10.0. The Morgan fingerprint density at radius 1 is 0.630 bits per heavy atom. The van der Waals surface area contributed by atoms with Crippen LogP contribution in [-0.2, 0) is 0 Å². The summed E-state index contributed by atoms with van der Waals surface area (Å²) >= 11 is 0. The Bertz CT molecular complexity index is 2480. The zero-order chi connectivity index (χ0) is 37.4. The van der Waals surface area contributed by atoms with Crippen molar-refractivity contribution in [3.05, 3.63) is 199 Å². The fourth-order valence-electron chi connectivity index (χ4n) is 7.52. The topological polar surface area (TPSA) is 20.2 Å². The highest BCUT2D eigenvalue weighted by atomic mass is 15.1. The van der Waals surface area contributed by atoms with Crippen LogP contribution in [0.25, 0.3) is 49.9 Å². The fraction of sp³-hybridized carbons (Fsp3) is 0.137. The van der Waals surface area contributed by atoms with Crippen LogP contribution in [0.2, 0.25) is 0 Å². The van der Waals surface area contributed by atoms with Crippen LogP contribution in [0.15, 0.2) is 188 Å². The zero-order valence-electron chi connectivity index (χ0n) is 31.8. The number of nitrogens with zero attached hydrogens (tertiary/aromatic N) is 2. The summed E-state index contributed by atoms with van der Waals surface area (Å²) in [5.41, 5.74) is 13.9. The van der Waals surface area contributed by atoms with E-state index in [0.29, 0.717) is 0 Å². The molecule has 54 heavy (non-hydrogen) atoms. The molecule has 3 aliphatic rings. The second-order valence-electron chi connectivity index (χ2n) is 13.1. The van der Waals surface area contributed by atoms with Crippen LogP contribution >= 0.6 is 0 Å². The SMILES string of the molecule is C=C1/C=C\C=C/N(c2cccc(C3=CC=CC(C4=CC=CCC4)N3)c2)c2cc(-c3ccc4c(c3)c3ccccc3n4-c3ccccc3)ccc21.CC.CC. The van der Waals surface area contributed by atoms with Crippen molar-refractivity contribution in [1.29, 1.82) is 0 Å². The Balaban J connectivity index is 0.00000109. The molecule has 1 aromatic heterocycles. The van der Waals surface area contributed by atoms with Gasteiger partial charge in [-0.25, -0.2) is 0 Å². The first kappa shape index (κ1) is 36.1. The second kappa shape index (κ2) is 16.6. The average molecular weight is 704 g/mol. The first-order valence-corrected chi connectivity index (χ1v) is 19.4. The quantitative estimate of drug-likeness (QED) is 0.193. The maximum Gasteiger partial charge on any atom is 0.0664 e. The predicted octanol–water partition coefficient (Wildman–Crippen LogP) is 13.9. The number of aromatic nitrogens is 1. The van der Waals surface area contributed by atoms with Gasteiger partial charge in [0, 0.05) is 39.6 Å². The summed E-state index contributed by atoms with van der Waals surface area (Å²) in [6.07, 6.45) is 23.9. The number of hydrogen-bond acceptors (Lipinski definition) is 2. The van der Waals surface area contributed by atoms with E-state index in [-0.39, 0.29) is 6.04 Å². The first-order chi connectivity index (χ1) is 26.7. The van der Waals surface area contributed by atoms with Crippen LogP contribution in [0.5, 0.6) is 0 Å². The van der Waals surface area contributed by atoms with Gasteiger partial charge in [0.05, 0.1) is 22.8 Å². The standard InChI is InChI=1S/C47H37N3.2C2H6/c1-33-14-10-11-29-49(39-20-12-17-37(30-39)44-23-13-22-43(48-44)34-15-4-2-5-16-34)47-32-36(25-27-40(33)47)35-26-28-46-42(31-35)41-21-8-9-24-45(41)50(46)38-18-6-3-7-19-38;2*1-2/h2-4,6-15,17-32,43,48H,1,5,16H2;2*1-2H3/b14-10-,29-11-;;. The first-order valence-electron chi connectivity index (χ1n) is 19.4. The van der Waals surface area contributed by atoms with E-state index in [1.165, 1.54) is 32.9 Å². The lowest BCUT2D eigenvalue weighted by molar-refractivity contribution is 0.747. The van der Waals surface area contributed by atoms with E-state index in [1.807, 2.05) is 27.7 Å². The molecule has 3 nitrogen and oxygen atoms in total.